The Labute approximate surface area is 208 Å². The second-order valence-corrected chi connectivity index (χ2v) is 10.7. The minimum atomic E-state index is -0.954. The van der Waals surface area contributed by atoms with E-state index in [-0.39, 0.29) is 23.9 Å². The Morgan fingerprint density at radius 2 is 1.63 bits per heavy atom. The number of benzene rings is 1. The molecule has 188 valence electrons. The SMILES string of the molecule is COc1ccc(-c2cc3n(n2)C[C@@](C)(C(=O)NC2CCCCCCC2)N(C2CCCC2)C3=O)cc1. The Morgan fingerprint density at radius 3 is 2.29 bits per heavy atom. The van der Waals surface area contributed by atoms with Crippen molar-refractivity contribution >= 4 is 11.8 Å². The first-order chi connectivity index (χ1) is 17.0. The lowest BCUT2D eigenvalue weighted by Crippen LogP contribution is -2.67. The summed E-state index contributed by atoms with van der Waals surface area (Å²) in [6.45, 7) is 2.32. The van der Waals surface area contributed by atoms with Gasteiger partial charge in [-0.05, 0) is 62.9 Å². The third-order valence-corrected chi connectivity index (χ3v) is 8.21. The summed E-state index contributed by atoms with van der Waals surface area (Å²) in [7, 11) is 1.64. The number of amides is 2. The van der Waals surface area contributed by atoms with Gasteiger partial charge in [-0.25, -0.2) is 0 Å². The molecule has 35 heavy (non-hydrogen) atoms. The summed E-state index contributed by atoms with van der Waals surface area (Å²) in [5.41, 5.74) is 1.28. The number of nitrogens with zero attached hydrogens (tertiary/aromatic N) is 3. The lowest BCUT2D eigenvalue weighted by atomic mass is 9.90. The van der Waals surface area contributed by atoms with E-state index >= 15 is 0 Å². The maximum Gasteiger partial charge on any atom is 0.273 e. The number of nitrogens with one attached hydrogen (secondary N) is 1. The molecule has 7 heteroatoms. The molecule has 2 fully saturated rings. The van der Waals surface area contributed by atoms with Crippen LogP contribution in [0, 0.1) is 0 Å². The summed E-state index contributed by atoms with van der Waals surface area (Å²) in [5, 5.41) is 8.15. The average molecular weight is 479 g/mol. The maximum absolute atomic E-state index is 13.9. The minimum Gasteiger partial charge on any atom is -0.497 e. The highest BCUT2D eigenvalue weighted by atomic mass is 16.5. The van der Waals surface area contributed by atoms with E-state index in [0.717, 1.165) is 68.4 Å². The van der Waals surface area contributed by atoms with E-state index in [4.69, 9.17) is 9.84 Å². The van der Waals surface area contributed by atoms with Crippen LogP contribution in [0.2, 0.25) is 0 Å². The molecule has 2 saturated carbocycles. The highest BCUT2D eigenvalue weighted by Crippen LogP contribution is 2.37. The molecule has 0 spiro atoms. The second kappa shape index (κ2) is 10.0. The fourth-order valence-corrected chi connectivity index (χ4v) is 6.18. The highest BCUT2D eigenvalue weighted by Gasteiger charge is 2.51. The predicted octanol–water partition coefficient (Wildman–Crippen LogP) is 4.94. The molecule has 2 aromatic rings. The lowest BCUT2D eigenvalue weighted by molar-refractivity contribution is -0.135. The zero-order valence-electron chi connectivity index (χ0n) is 21.1. The number of hydrogen-bond acceptors (Lipinski definition) is 4. The monoisotopic (exact) mass is 478 g/mol. The van der Waals surface area contributed by atoms with Crippen LogP contribution >= 0.6 is 0 Å². The van der Waals surface area contributed by atoms with Gasteiger partial charge in [-0.3, -0.25) is 14.3 Å². The molecule has 1 atom stereocenters. The molecule has 1 N–H and O–H groups in total. The van der Waals surface area contributed by atoms with E-state index in [9.17, 15) is 9.59 Å². The van der Waals surface area contributed by atoms with Crippen LogP contribution in [-0.2, 0) is 11.3 Å². The van der Waals surface area contributed by atoms with Gasteiger partial charge in [-0.2, -0.15) is 5.10 Å². The number of hydrogen-bond donors (Lipinski definition) is 1. The molecule has 0 radical (unpaired) electrons. The van der Waals surface area contributed by atoms with Gasteiger partial charge in [0.15, 0.2) is 0 Å². The van der Waals surface area contributed by atoms with Crippen LogP contribution in [0.15, 0.2) is 30.3 Å². The summed E-state index contributed by atoms with van der Waals surface area (Å²) in [6.07, 6.45) is 12.2. The summed E-state index contributed by atoms with van der Waals surface area (Å²) in [6, 6.07) is 9.86. The van der Waals surface area contributed by atoms with Gasteiger partial charge in [-0.1, -0.05) is 44.9 Å². The van der Waals surface area contributed by atoms with E-state index in [2.05, 4.69) is 5.32 Å². The number of fused-ring (bicyclic) bond motifs is 1. The quantitative estimate of drug-likeness (QED) is 0.660. The number of methoxy groups -OCH3 is 1. The molecule has 3 aliphatic rings. The van der Waals surface area contributed by atoms with E-state index in [1.807, 2.05) is 42.2 Å². The molecule has 0 unspecified atom stereocenters. The summed E-state index contributed by atoms with van der Waals surface area (Å²) in [5.74, 6) is 0.667. The Hall–Kier alpha value is -2.83. The largest absolute Gasteiger partial charge is 0.497 e. The van der Waals surface area contributed by atoms with Crippen LogP contribution < -0.4 is 10.1 Å². The van der Waals surface area contributed by atoms with Crippen molar-refractivity contribution < 1.29 is 14.3 Å². The average Bonchev–Trinajstić information content (AvgIpc) is 3.51. The van der Waals surface area contributed by atoms with Crippen LogP contribution in [0.1, 0.15) is 88.0 Å². The zero-order valence-corrected chi connectivity index (χ0v) is 21.1. The molecule has 2 amide bonds. The van der Waals surface area contributed by atoms with Crippen LogP contribution in [-0.4, -0.2) is 51.2 Å². The number of carbonyl (C=O) groups is 2. The Kier molecular flexibility index (Phi) is 6.85. The highest BCUT2D eigenvalue weighted by molar-refractivity contribution is 6.00. The summed E-state index contributed by atoms with van der Waals surface area (Å²) < 4.78 is 7.03. The normalized spacial score (nSPS) is 24.1. The number of carbonyl (C=O) groups excluding carboxylic acids is 2. The van der Waals surface area contributed by atoms with Gasteiger partial charge in [0.2, 0.25) is 5.91 Å². The van der Waals surface area contributed by atoms with Crippen LogP contribution in [0.4, 0.5) is 0 Å². The number of rotatable bonds is 5. The van der Waals surface area contributed by atoms with Crippen molar-refractivity contribution in [1.29, 1.82) is 0 Å². The first kappa shape index (κ1) is 23.9. The fourth-order valence-electron chi connectivity index (χ4n) is 6.18. The van der Waals surface area contributed by atoms with Gasteiger partial charge in [-0.15, -0.1) is 0 Å². The smallest absolute Gasteiger partial charge is 0.273 e. The van der Waals surface area contributed by atoms with Crippen molar-refractivity contribution in [2.24, 2.45) is 0 Å². The molecular formula is C28H38N4O3. The van der Waals surface area contributed by atoms with Gasteiger partial charge >= 0.3 is 0 Å². The Bertz CT molecular complexity index is 1050. The molecular weight excluding hydrogens is 440 g/mol. The molecule has 1 aliphatic heterocycles. The van der Waals surface area contributed by atoms with E-state index in [1.165, 1.54) is 19.3 Å². The number of aromatic nitrogens is 2. The third kappa shape index (κ3) is 4.69. The van der Waals surface area contributed by atoms with Crippen molar-refractivity contribution in [3.63, 3.8) is 0 Å². The predicted molar refractivity (Wildman–Crippen MR) is 135 cm³/mol. The van der Waals surface area contributed by atoms with Crippen molar-refractivity contribution in [1.82, 2.24) is 20.0 Å². The van der Waals surface area contributed by atoms with Crippen molar-refractivity contribution in [2.75, 3.05) is 7.11 Å². The maximum atomic E-state index is 13.9. The number of ether oxygens (including phenoxy) is 1. The van der Waals surface area contributed by atoms with Gasteiger partial charge in [0.05, 0.1) is 19.3 Å². The molecule has 0 bridgehead atoms. The van der Waals surface area contributed by atoms with Gasteiger partial charge < -0.3 is 15.0 Å². The Balaban J connectivity index is 1.45. The molecule has 5 rings (SSSR count). The van der Waals surface area contributed by atoms with Gasteiger partial charge in [0, 0.05) is 17.6 Å². The third-order valence-electron chi connectivity index (χ3n) is 8.21. The lowest BCUT2D eigenvalue weighted by Gasteiger charge is -2.47. The van der Waals surface area contributed by atoms with E-state index in [1.54, 1.807) is 11.8 Å². The Morgan fingerprint density at radius 1 is 1.00 bits per heavy atom. The van der Waals surface area contributed by atoms with Crippen molar-refractivity contribution in [3.05, 3.63) is 36.0 Å². The van der Waals surface area contributed by atoms with Crippen molar-refractivity contribution in [3.8, 4) is 17.0 Å². The summed E-state index contributed by atoms with van der Waals surface area (Å²) >= 11 is 0. The molecule has 2 aliphatic carbocycles. The first-order valence-electron chi connectivity index (χ1n) is 13.4. The molecule has 0 saturated heterocycles. The van der Waals surface area contributed by atoms with Crippen LogP contribution in [0.25, 0.3) is 11.3 Å². The molecule has 1 aromatic heterocycles. The molecule has 1 aromatic carbocycles. The van der Waals surface area contributed by atoms with Gasteiger partial charge in [0.1, 0.15) is 17.0 Å². The zero-order chi connectivity index (χ0) is 24.4. The topological polar surface area (TPSA) is 76.5 Å². The molecule has 7 nitrogen and oxygen atoms in total. The first-order valence-corrected chi connectivity index (χ1v) is 13.4. The standard InChI is InChI=1S/C28H38N4O3/c1-28(27(34)29-21-10-6-4-3-5-7-11-21)19-31-25(26(33)32(28)22-12-8-9-13-22)18-24(30-31)20-14-16-23(35-2)17-15-20/h14-18,21-22H,3-13,19H2,1-2H3,(H,29,34)/t28-/m0/s1. The summed E-state index contributed by atoms with van der Waals surface area (Å²) in [4.78, 5) is 29.7. The van der Waals surface area contributed by atoms with Crippen LogP contribution in [0.3, 0.4) is 0 Å². The van der Waals surface area contributed by atoms with Gasteiger partial charge in [0.25, 0.3) is 5.91 Å². The molecule has 2 heterocycles. The van der Waals surface area contributed by atoms with Crippen LogP contribution in [0.5, 0.6) is 5.75 Å². The van der Waals surface area contributed by atoms with E-state index in [0.29, 0.717) is 12.2 Å². The second-order valence-electron chi connectivity index (χ2n) is 10.7. The van der Waals surface area contributed by atoms with E-state index < -0.39 is 5.54 Å². The van der Waals surface area contributed by atoms with Crippen molar-refractivity contribution in [2.45, 2.75) is 102 Å². The minimum absolute atomic E-state index is 0.0320. The fraction of sp³-hybridized carbons (Fsp3) is 0.607.